The summed E-state index contributed by atoms with van der Waals surface area (Å²) in [6.45, 7) is 0.842. The highest BCUT2D eigenvalue weighted by Gasteiger charge is 2.17. The maximum absolute atomic E-state index is 12.3. The second-order valence-electron chi connectivity index (χ2n) is 4.59. The van der Waals surface area contributed by atoms with Crippen molar-refractivity contribution < 1.29 is 9.53 Å². The smallest absolute Gasteiger partial charge is 0.257 e. The van der Waals surface area contributed by atoms with Crippen LogP contribution in [0.2, 0.25) is 5.02 Å². The maximum Gasteiger partial charge on any atom is 0.257 e. The van der Waals surface area contributed by atoms with Crippen molar-refractivity contribution >= 4 is 23.2 Å². The lowest BCUT2D eigenvalue weighted by atomic mass is 10.1. The third-order valence-electron chi connectivity index (χ3n) is 3.05. The van der Waals surface area contributed by atoms with E-state index in [1.165, 1.54) is 0 Å². The summed E-state index contributed by atoms with van der Waals surface area (Å²) in [6, 6.07) is 14.5. The minimum atomic E-state index is -0.213. The normalized spacial score (nSPS) is 10.2. The average Bonchev–Trinajstić information content (AvgIpc) is 2.48. The van der Waals surface area contributed by atoms with Gasteiger partial charge in [0.1, 0.15) is 12.4 Å². The Hall–Kier alpha value is -2.20. The number of halogens is 1. The van der Waals surface area contributed by atoms with E-state index in [2.05, 4.69) is 0 Å². The minimum Gasteiger partial charge on any atom is -0.492 e. The second kappa shape index (κ2) is 6.99. The summed E-state index contributed by atoms with van der Waals surface area (Å²) in [5.74, 6) is 0.561. The van der Waals surface area contributed by atoms with Crippen molar-refractivity contribution in [1.29, 1.82) is 0 Å². The number of carbonyl (C=O) groups excluding carboxylic acids is 1. The number of hydrogen-bond acceptors (Lipinski definition) is 3. The van der Waals surface area contributed by atoms with Crippen LogP contribution in [0, 0.1) is 0 Å². The topological polar surface area (TPSA) is 55.6 Å². The molecule has 2 rings (SSSR count). The summed E-state index contributed by atoms with van der Waals surface area (Å²) in [4.78, 5) is 13.9. The fraction of sp³-hybridized carbons (Fsp3) is 0.188. The van der Waals surface area contributed by atoms with Crippen LogP contribution in [-0.4, -0.2) is 31.0 Å². The van der Waals surface area contributed by atoms with Gasteiger partial charge in [-0.1, -0.05) is 35.9 Å². The van der Waals surface area contributed by atoms with Crippen LogP contribution in [0.3, 0.4) is 0 Å². The Morgan fingerprint density at radius 1 is 1.19 bits per heavy atom. The molecule has 0 aromatic heterocycles. The van der Waals surface area contributed by atoms with Crippen molar-refractivity contribution in [2.45, 2.75) is 0 Å². The van der Waals surface area contributed by atoms with Crippen molar-refractivity contribution in [2.24, 2.45) is 0 Å². The minimum absolute atomic E-state index is 0.213. The number of ether oxygens (including phenoxy) is 1. The monoisotopic (exact) mass is 304 g/mol. The van der Waals surface area contributed by atoms with Crippen molar-refractivity contribution in [3.63, 3.8) is 0 Å². The summed E-state index contributed by atoms with van der Waals surface area (Å²) in [7, 11) is 1.69. The second-order valence-corrected chi connectivity index (χ2v) is 5.00. The van der Waals surface area contributed by atoms with E-state index in [4.69, 9.17) is 22.1 Å². The van der Waals surface area contributed by atoms with Crippen molar-refractivity contribution in [1.82, 2.24) is 4.90 Å². The fourth-order valence-corrected chi connectivity index (χ4v) is 2.14. The lowest BCUT2D eigenvalue weighted by Crippen LogP contribution is -2.31. The Balaban J connectivity index is 1.94. The summed E-state index contributed by atoms with van der Waals surface area (Å²) in [5.41, 5.74) is 6.53. The standard InChI is InChI=1S/C16H17ClN2O2/c1-19(10-11-21-12-6-3-2-4-7-12)16(20)15-13(17)8-5-9-14(15)18/h2-9H,10-11,18H2,1H3. The fourth-order valence-electron chi connectivity index (χ4n) is 1.88. The van der Waals surface area contributed by atoms with Gasteiger partial charge in [-0.05, 0) is 24.3 Å². The Morgan fingerprint density at radius 3 is 2.57 bits per heavy atom. The van der Waals surface area contributed by atoms with E-state index in [1.807, 2.05) is 30.3 Å². The lowest BCUT2D eigenvalue weighted by Gasteiger charge is -2.19. The van der Waals surface area contributed by atoms with Crippen molar-refractivity contribution in [3.8, 4) is 5.75 Å². The number of hydrogen-bond donors (Lipinski definition) is 1. The SMILES string of the molecule is CN(CCOc1ccccc1)C(=O)c1c(N)cccc1Cl. The highest BCUT2D eigenvalue weighted by Crippen LogP contribution is 2.23. The molecule has 2 aromatic carbocycles. The number of anilines is 1. The highest BCUT2D eigenvalue weighted by atomic mass is 35.5. The summed E-state index contributed by atoms with van der Waals surface area (Å²) >= 11 is 6.04. The Labute approximate surface area is 129 Å². The number of carbonyl (C=O) groups is 1. The molecule has 2 aromatic rings. The van der Waals surface area contributed by atoms with Crippen LogP contribution in [0.5, 0.6) is 5.75 Å². The molecule has 0 aliphatic heterocycles. The van der Waals surface area contributed by atoms with E-state index < -0.39 is 0 Å². The maximum atomic E-state index is 12.3. The molecule has 0 aliphatic carbocycles. The van der Waals surface area contributed by atoms with E-state index in [1.54, 1.807) is 30.1 Å². The summed E-state index contributed by atoms with van der Waals surface area (Å²) in [6.07, 6.45) is 0. The largest absolute Gasteiger partial charge is 0.492 e. The number of benzene rings is 2. The molecule has 5 heteroatoms. The van der Waals surface area contributed by atoms with Crippen LogP contribution in [0.1, 0.15) is 10.4 Å². The third kappa shape index (κ3) is 3.89. The molecule has 0 radical (unpaired) electrons. The third-order valence-corrected chi connectivity index (χ3v) is 3.36. The van der Waals surface area contributed by atoms with E-state index in [0.717, 1.165) is 5.75 Å². The molecule has 1 amide bonds. The van der Waals surface area contributed by atoms with Gasteiger partial charge < -0.3 is 15.4 Å². The molecule has 0 heterocycles. The van der Waals surface area contributed by atoms with Gasteiger partial charge in [0.2, 0.25) is 0 Å². The first-order valence-corrected chi connectivity index (χ1v) is 6.94. The average molecular weight is 305 g/mol. The van der Waals surface area contributed by atoms with Gasteiger partial charge in [0.15, 0.2) is 0 Å². The molecular weight excluding hydrogens is 288 g/mol. The Morgan fingerprint density at radius 2 is 1.90 bits per heavy atom. The molecule has 21 heavy (non-hydrogen) atoms. The first-order valence-electron chi connectivity index (χ1n) is 6.57. The summed E-state index contributed by atoms with van der Waals surface area (Å²) < 4.78 is 5.57. The van der Waals surface area contributed by atoms with E-state index in [0.29, 0.717) is 29.4 Å². The zero-order valence-corrected chi connectivity index (χ0v) is 12.5. The number of para-hydroxylation sites is 1. The molecule has 0 unspecified atom stereocenters. The molecular formula is C16H17ClN2O2. The Kier molecular flexibility index (Phi) is 5.06. The molecule has 4 nitrogen and oxygen atoms in total. The van der Waals surface area contributed by atoms with E-state index >= 15 is 0 Å². The Bertz CT molecular complexity index is 597. The van der Waals surface area contributed by atoms with Crippen LogP contribution in [-0.2, 0) is 0 Å². The lowest BCUT2D eigenvalue weighted by molar-refractivity contribution is 0.0775. The molecule has 0 atom stereocenters. The molecule has 0 aliphatic rings. The van der Waals surface area contributed by atoms with Gasteiger partial charge in [-0.25, -0.2) is 0 Å². The zero-order valence-electron chi connectivity index (χ0n) is 11.8. The van der Waals surface area contributed by atoms with Gasteiger partial charge >= 0.3 is 0 Å². The number of likely N-dealkylation sites (N-methyl/N-ethyl adjacent to an activating group) is 1. The summed E-state index contributed by atoms with van der Waals surface area (Å²) in [5, 5.41) is 0.357. The molecule has 0 spiro atoms. The van der Waals surface area contributed by atoms with E-state index in [9.17, 15) is 4.79 Å². The van der Waals surface area contributed by atoms with Gasteiger partial charge in [-0.15, -0.1) is 0 Å². The van der Waals surface area contributed by atoms with Crippen LogP contribution >= 0.6 is 11.6 Å². The van der Waals surface area contributed by atoms with Gasteiger partial charge in [0.05, 0.1) is 17.1 Å². The number of nitrogen functional groups attached to an aromatic ring is 1. The van der Waals surface area contributed by atoms with Gasteiger partial charge in [-0.2, -0.15) is 0 Å². The zero-order chi connectivity index (χ0) is 15.2. The molecule has 110 valence electrons. The van der Waals surface area contributed by atoms with Crippen LogP contribution in [0.4, 0.5) is 5.69 Å². The van der Waals surface area contributed by atoms with Gasteiger partial charge in [-0.3, -0.25) is 4.79 Å². The number of nitrogens with zero attached hydrogens (tertiary/aromatic N) is 1. The number of rotatable bonds is 5. The van der Waals surface area contributed by atoms with Crippen LogP contribution in [0.15, 0.2) is 48.5 Å². The predicted molar refractivity (Wildman–Crippen MR) is 84.8 cm³/mol. The molecule has 0 fully saturated rings. The van der Waals surface area contributed by atoms with E-state index in [-0.39, 0.29) is 5.91 Å². The molecule has 0 bridgehead atoms. The van der Waals surface area contributed by atoms with Gasteiger partial charge in [0, 0.05) is 12.7 Å². The van der Waals surface area contributed by atoms with Crippen LogP contribution < -0.4 is 10.5 Å². The molecule has 2 N–H and O–H groups in total. The van der Waals surface area contributed by atoms with Crippen molar-refractivity contribution in [3.05, 3.63) is 59.1 Å². The molecule has 0 saturated heterocycles. The molecule has 0 saturated carbocycles. The quantitative estimate of drug-likeness (QED) is 0.864. The highest BCUT2D eigenvalue weighted by molar-refractivity contribution is 6.34. The number of amides is 1. The number of nitrogens with two attached hydrogens (primary N) is 1. The predicted octanol–water partition coefficient (Wildman–Crippen LogP) is 3.07. The van der Waals surface area contributed by atoms with Crippen LogP contribution in [0.25, 0.3) is 0 Å². The van der Waals surface area contributed by atoms with Crippen molar-refractivity contribution in [2.75, 3.05) is 25.9 Å². The van der Waals surface area contributed by atoms with Gasteiger partial charge in [0.25, 0.3) is 5.91 Å². The first-order chi connectivity index (χ1) is 10.1. The first kappa shape index (κ1) is 15.2.